The number of carboxylic acid groups (broad SMARTS) is 1. The fraction of sp³-hybridized carbons (Fsp3) is 0.515. The lowest BCUT2D eigenvalue weighted by molar-refractivity contribution is -0.159. The Balaban J connectivity index is 1.61. The van der Waals surface area contributed by atoms with Crippen LogP contribution in [0.5, 0.6) is 0 Å². The number of para-hydroxylation sites is 1. The highest BCUT2D eigenvalue weighted by Crippen LogP contribution is 2.51. The zero-order valence-electron chi connectivity index (χ0n) is 24.8. The SMILES string of the molecule is CCc1ccccc1[C@H]1[C@@H](OCc2cc3cccc(C(F)(F)F)c3o2)[C@H](C(C)(C)C)[C@@H](C(=O)O)N1C(=O)[C@@H]1CCCCO1. The van der Waals surface area contributed by atoms with Gasteiger partial charge in [-0.05, 0) is 54.4 Å². The van der Waals surface area contributed by atoms with E-state index in [1.807, 2.05) is 52.0 Å². The van der Waals surface area contributed by atoms with Crippen LogP contribution in [0.15, 0.2) is 52.9 Å². The lowest BCUT2D eigenvalue weighted by Gasteiger charge is -2.35. The minimum Gasteiger partial charge on any atom is -0.480 e. The van der Waals surface area contributed by atoms with Crippen LogP contribution >= 0.6 is 0 Å². The molecule has 232 valence electrons. The number of hydrogen-bond donors (Lipinski definition) is 1. The van der Waals surface area contributed by atoms with Crippen molar-refractivity contribution in [3.8, 4) is 0 Å². The Morgan fingerprint density at radius 3 is 2.44 bits per heavy atom. The van der Waals surface area contributed by atoms with Crippen molar-refractivity contribution in [1.29, 1.82) is 0 Å². The summed E-state index contributed by atoms with van der Waals surface area (Å²) in [5, 5.41) is 10.9. The summed E-state index contributed by atoms with van der Waals surface area (Å²) in [6.07, 6.45) is -3.40. The summed E-state index contributed by atoms with van der Waals surface area (Å²) in [5.41, 5.74) is -0.0705. The molecule has 2 aliphatic rings. The monoisotopic (exact) mass is 601 g/mol. The number of halogens is 3. The lowest BCUT2D eigenvalue weighted by Crippen LogP contribution is -2.51. The number of hydrogen-bond acceptors (Lipinski definition) is 5. The number of carbonyl (C=O) groups is 2. The molecule has 0 bridgehead atoms. The van der Waals surface area contributed by atoms with E-state index >= 15 is 0 Å². The van der Waals surface area contributed by atoms with Gasteiger partial charge in [0.1, 0.15) is 30.1 Å². The van der Waals surface area contributed by atoms with Crippen LogP contribution in [0.1, 0.15) is 75.4 Å². The van der Waals surface area contributed by atoms with Crippen molar-refractivity contribution in [2.24, 2.45) is 11.3 Å². The van der Waals surface area contributed by atoms with Gasteiger partial charge in [-0.2, -0.15) is 13.2 Å². The number of amides is 1. The number of aliphatic carboxylic acids is 1. The molecule has 5 rings (SSSR count). The second-order valence-electron chi connectivity index (χ2n) is 12.5. The number of alkyl halides is 3. The molecule has 2 saturated heterocycles. The first-order valence-electron chi connectivity index (χ1n) is 14.8. The Kier molecular flexibility index (Phi) is 8.64. The molecular weight excluding hydrogens is 563 g/mol. The first-order chi connectivity index (χ1) is 20.3. The van der Waals surface area contributed by atoms with Gasteiger partial charge < -0.3 is 23.9 Å². The van der Waals surface area contributed by atoms with Gasteiger partial charge in [0.05, 0.1) is 17.7 Å². The van der Waals surface area contributed by atoms with Crippen LogP contribution in [0.2, 0.25) is 0 Å². The predicted molar refractivity (Wildman–Crippen MR) is 153 cm³/mol. The maximum Gasteiger partial charge on any atom is 0.420 e. The molecule has 3 aromatic rings. The molecule has 5 atom stereocenters. The van der Waals surface area contributed by atoms with Crippen LogP contribution in [0.25, 0.3) is 11.0 Å². The van der Waals surface area contributed by atoms with Gasteiger partial charge in [0, 0.05) is 17.9 Å². The molecule has 2 aliphatic heterocycles. The Hall–Kier alpha value is -3.37. The standard InChI is InChI=1S/C33H38F3NO6/c1-5-19-11-6-7-13-22(19)26-29(42-18-21-17-20-12-10-14-23(28(20)43-21)33(34,35)36)25(32(2,3)4)27(31(39)40)37(26)30(38)24-15-8-9-16-41-24/h6-7,10-14,17,24-27,29H,5,8-9,15-16,18H2,1-4H3,(H,39,40)/t24-,25+,26-,27-,29-/m0/s1. The summed E-state index contributed by atoms with van der Waals surface area (Å²) in [4.78, 5) is 28.7. The maximum absolute atomic E-state index is 14.2. The van der Waals surface area contributed by atoms with Gasteiger partial charge in [0.2, 0.25) is 0 Å². The molecule has 0 spiro atoms. The molecule has 3 heterocycles. The number of likely N-dealkylation sites (tertiary alicyclic amines) is 1. The van der Waals surface area contributed by atoms with Crippen molar-refractivity contribution in [3.05, 3.63) is 71.0 Å². The molecule has 7 nitrogen and oxygen atoms in total. The van der Waals surface area contributed by atoms with Crippen LogP contribution in [0, 0.1) is 11.3 Å². The number of carbonyl (C=O) groups excluding carboxylic acids is 1. The molecule has 2 fully saturated rings. The lowest BCUT2D eigenvalue weighted by atomic mass is 9.73. The highest BCUT2D eigenvalue weighted by molar-refractivity contribution is 5.88. The average Bonchev–Trinajstić information content (AvgIpc) is 3.54. The number of nitrogens with zero attached hydrogens (tertiary/aromatic N) is 1. The van der Waals surface area contributed by atoms with Crippen molar-refractivity contribution in [3.63, 3.8) is 0 Å². The quantitative estimate of drug-likeness (QED) is 0.309. The van der Waals surface area contributed by atoms with Gasteiger partial charge in [-0.15, -0.1) is 0 Å². The van der Waals surface area contributed by atoms with Gasteiger partial charge in [-0.1, -0.05) is 64.1 Å². The van der Waals surface area contributed by atoms with Gasteiger partial charge >= 0.3 is 12.1 Å². The third kappa shape index (κ3) is 6.04. The summed E-state index contributed by atoms with van der Waals surface area (Å²) in [7, 11) is 0. The second-order valence-corrected chi connectivity index (χ2v) is 12.5. The molecule has 2 aromatic carbocycles. The molecule has 0 aliphatic carbocycles. The highest BCUT2D eigenvalue weighted by atomic mass is 19.4. The Bertz CT molecular complexity index is 1470. The van der Waals surface area contributed by atoms with E-state index in [9.17, 15) is 27.9 Å². The van der Waals surface area contributed by atoms with Crippen molar-refractivity contribution in [2.75, 3.05) is 6.61 Å². The summed E-state index contributed by atoms with van der Waals surface area (Å²) in [5.74, 6) is -2.02. The third-order valence-electron chi connectivity index (χ3n) is 8.64. The van der Waals surface area contributed by atoms with Crippen molar-refractivity contribution in [1.82, 2.24) is 4.90 Å². The van der Waals surface area contributed by atoms with Crippen LogP contribution in [-0.2, 0) is 38.3 Å². The summed E-state index contributed by atoms with van der Waals surface area (Å²) in [6, 6.07) is 10.9. The van der Waals surface area contributed by atoms with E-state index in [-0.39, 0.29) is 29.2 Å². The largest absolute Gasteiger partial charge is 0.480 e. The number of rotatable bonds is 7. The summed E-state index contributed by atoms with van der Waals surface area (Å²) in [6.45, 7) is 7.94. The minimum absolute atomic E-state index is 0.175. The smallest absolute Gasteiger partial charge is 0.420 e. The van der Waals surface area contributed by atoms with Gasteiger partial charge in [0.15, 0.2) is 0 Å². The number of aryl methyl sites for hydroxylation is 1. The highest BCUT2D eigenvalue weighted by Gasteiger charge is 2.59. The van der Waals surface area contributed by atoms with Crippen LogP contribution in [-0.4, -0.2) is 46.7 Å². The molecule has 1 amide bonds. The molecule has 10 heteroatoms. The number of benzene rings is 2. The number of fused-ring (bicyclic) bond motifs is 1. The normalized spacial score (nSPS) is 24.9. The van der Waals surface area contributed by atoms with Crippen LogP contribution in [0.4, 0.5) is 13.2 Å². The van der Waals surface area contributed by atoms with E-state index in [1.165, 1.54) is 23.1 Å². The fourth-order valence-electron chi connectivity index (χ4n) is 6.75. The maximum atomic E-state index is 14.2. The Labute approximate surface area is 248 Å². The Morgan fingerprint density at radius 2 is 1.81 bits per heavy atom. The van der Waals surface area contributed by atoms with Gasteiger partial charge in [0.25, 0.3) is 5.91 Å². The zero-order chi connectivity index (χ0) is 31.1. The van der Waals surface area contributed by atoms with E-state index in [0.717, 1.165) is 30.0 Å². The number of carboxylic acids is 1. The fourth-order valence-corrected chi connectivity index (χ4v) is 6.75. The van der Waals surface area contributed by atoms with Crippen LogP contribution in [0.3, 0.4) is 0 Å². The number of furan rings is 1. The van der Waals surface area contributed by atoms with Crippen molar-refractivity contribution in [2.45, 2.75) is 90.5 Å². The molecular formula is C33H38F3NO6. The number of ether oxygens (including phenoxy) is 2. The van der Waals surface area contributed by atoms with Gasteiger partial charge in [-0.3, -0.25) is 4.79 Å². The topological polar surface area (TPSA) is 89.2 Å². The Morgan fingerprint density at radius 1 is 1.07 bits per heavy atom. The van der Waals surface area contributed by atoms with E-state index < -0.39 is 53.3 Å². The van der Waals surface area contributed by atoms with Crippen molar-refractivity contribution >= 4 is 22.8 Å². The van der Waals surface area contributed by atoms with E-state index in [0.29, 0.717) is 19.4 Å². The molecule has 1 aromatic heterocycles. The summed E-state index contributed by atoms with van der Waals surface area (Å²) < 4.78 is 59.0. The molecule has 1 N–H and O–H groups in total. The molecule has 43 heavy (non-hydrogen) atoms. The first kappa shape index (κ1) is 31.1. The third-order valence-corrected chi connectivity index (χ3v) is 8.64. The van der Waals surface area contributed by atoms with E-state index in [1.54, 1.807) is 0 Å². The molecule has 0 radical (unpaired) electrons. The van der Waals surface area contributed by atoms with Crippen molar-refractivity contribution < 1.29 is 41.8 Å². The summed E-state index contributed by atoms with van der Waals surface area (Å²) >= 11 is 0. The molecule has 0 saturated carbocycles. The predicted octanol–water partition coefficient (Wildman–Crippen LogP) is 7.17. The van der Waals surface area contributed by atoms with Crippen LogP contribution < -0.4 is 0 Å². The van der Waals surface area contributed by atoms with E-state index in [2.05, 4.69) is 0 Å². The first-order valence-corrected chi connectivity index (χ1v) is 14.8. The molecule has 0 unspecified atom stereocenters. The zero-order valence-corrected chi connectivity index (χ0v) is 24.8. The van der Waals surface area contributed by atoms with Gasteiger partial charge in [-0.25, -0.2) is 4.79 Å². The minimum atomic E-state index is -4.59. The average molecular weight is 602 g/mol. The van der Waals surface area contributed by atoms with E-state index in [4.69, 9.17) is 13.9 Å². The second kappa shape index (κ2) is 12.0.